The van der Waals surface area contributed by atoms with Gasteiger partial charge in [-0.15, -0.1) is 0 Å². The standard InChI is InChI=1S/C24H38O4.C5H10O/c1-3-5-7-9-11-15-19-27-23(25)21-17-13-14-18-22(21)24(26)28-20-16-12-10-8-6-4-2;6-5-3-1-2-4-5/h13-14,17-18H,3-12,15-16,19-20H2,1-2H3;5-6H,1-4H2. The molecule has 1 aliphatic rings. The van der Waals surface area contributed by atoms with Gasteiger partial charge in [-0.05, 0) is 37.8 Å². The number of ether oxygens (including phenoxy) is 2. The third-order valence-electron chi connectivity index (χ3n) is 6.15. The monoisotopic (exact) mass is 476 g/mol. The number of rotatable bonds is 16. The fourth-order valence-corrected chi connectivity index (χ4v) is 3.99. The van der Waals surface area contributed by atoms with Crippen LogP contribution in [0.25, 0.3) is 0 Å². The summed E-state index contributed by atoms with van der Waals surface area (Å²) in [7, 11) is 0. The van der Waals surface area contributed by atoms with Gasteiger partial charge >= 0.3 is 11.9 Å². The number of aliphatic hydroxyl groups excluding tert-OH is 1. The van der Waals surface area contributed by atoms with E-state index in [1.165, 1.54) is 64.2 Å². The maximum absolute atomic E-state index is 12.4. The van der Waals surface area contributed by atoms with Crippen molar-refractivity contribution in [1.29, 1.82) is 0 Å². The number of benzene rings is 1. The number of carbonyl (C=O) groups excluding carboxylic acids is 2. The van der Waals surface area contributed by atoms with Gasteiger partial charge in [-0.25, -0.2) is 9.59 Å². The van der Waals surface area contributed by atoms with Gasteiger partial charge in [0, 0.05) is 0 Å². The lowest BCUT2D eigenvalue weighted by molar-refractivity contribution is 0.0450. The third kappa shape index (κ3) is 14.4. The smallest absolute Gasteiger partial charge is 0.339 e. The maximum atomic E-state index is 12.4. The number of esters is 2. The van der Waals surface area contributed by atoms with Gasteiger partial charge in [-0.2, -0.15) is 0 Å². The van der Waals surface area contributed by atoms with Crippen LogP contribution in [0, 0.1) is 0 Å². The van der Waals surface area contributed by atoms with Crippen LogP contribution < -0.4 is 0 Å². The number of aliphatic hydroxyl groups is 1. The Morgan fingerprint density at radius 3 is 1.44 bits per heavy atom. The van der Waals surface area contributed by atoms with Crippen LogP contribution >= 0.6 is 0 Å². The molecule has 0 bridgehead atoms. The van der Waals surface area contributed by atoms with Crippen molar-refractivity contribution in [2.45, 2.75) is 123 Å². The first-order valence-electron chi connectivity index (χ1n) is 13.7. The van der Waals surface area contributed by atoms with Crippen LogP contribution in [-0.2, 0) is 9.47 Å². The van der Waals surface area contributed by atoms with Gasteiger partial charge in [0.2, 0.25) is 0 Å². The van der Waals surface area contributed by atoms with E-state index in [1.807, 2.05) is 0 Å². The number of unbranched alkanes of at least 4 members (excludes halogenated alkanes) is 10. The second-order valence-electron chi connectivity index (χ2n) is 9.29. The molecule has 0 aliphatic heterocycles. The minimum Gasteiger partial charge on any atom is -0.462 e. The third-order valence-corrected chi connectivity index (χ3v) is 6.15. The largest absolute Gasteiger partial charge is 0.462 e. The summed E-state index contributed by atoms with van der Waals surface area (Å²) in [6.45, 7) is 5.17. The summed E-state index contributed by atoms with van der Waals surface area (Å²) in [5, 5.41) is 8.73. The molecule has 0 unspecified atom stereocenters. The Kier molecular flexibility index (Phi) is 18.2. The average Bonchev–Trinajstić information content (AvgIpc) is 3.34. The van der Waals surface area contributed by atoms with Crippen LogP contribution in [0.4, 0.5) is 0 Å². The molecule has 0 heterocycles. The second-order valence-corrected chi connectivity index (χ2v) is 9.29. The molecule has 5 nitrogen and oxygen atoms in total. The molecular formula is C29H48O5. The predicted octanol–water partition coefficient (Wildman–Crippen LogP) is 7.64. The van der Waals surface area contributed by atoms with Crippen molar-refractivity contribution < 1.29 is 24.2 Å². The highest BCUT2D eigenvalue weighted by Gasteiger charge is 2.18. The number of hydrogen-bond donors (Lipinski definition) is 1. The molecule has 34 heavy (non-hydrogen) atoms. The number of carbonyl (C=O) groups is 2. The lowest BCUT2D eigenvalue weighted by Gasteiger charge is -2.10. The molecule has 1 fully saturated rings. The summed E-state index contributed by atoms with van der Waals surface area (Å²) in [5.74, 6) is -0.888. The van der Waals surface area contributed by atoms with E-state index in [4.69, 9.17) is 14.6 Å². The minimum atomic E-state index is -0.444. The molecule has 0 amide bonds. The molecule has 1 N–H and O–H groups in total. The molecular weight excluding hydrogens is 428 g/mol. The van der Waals surface area contributed by atoms with E-state index in [0.717, 1.165) is 38.5 Å². The van der Waals surface area contributed by atoms with Crippen LogP contribution in [0.15, 0.2) is 24.3 Å². The highest BCUT2D eigenvalue weighted by molar-refractivity contribution is 6.03. The van der Waals surface area contributed by atoms with E-state index in [-0.39, 0.29) is 6.10 Å². The van der Waals surface area contributed by atoms with Crippen LogP contribution in [0.1, 0.15) is 137 Å². The Morgan fingerprint density at radius 2 is 1.09 bits per heavy atom. The Hall–Kier alpha value is -1.88. The topological polar surface area (TPSA) is 72.8 Å². The van der Waals surface area contributed by atoms with E-state index in [2.05, 4.69) is 13.8 Å². The van der Waals surface area contributed by atoms with Crippen LogP contribution in [0.3, 0.4) is 0 Å². The van der Waals surface area contributed by atoms with Gasteiger partial charge in [0.1, 0.15) is 0 Å². The number of hydrogen-bond acceptors (Lipinski definition) is 5. The zero-order valence-corrected chi connectivity index (χ0v) is 21.7. The molecule has 0 saturated heterocycles. The van der Waals surface area contributed by atoms with Crippen molar-refractivity contribution in [3.63, 3.8) is 0 Å². The van der Waals surface area contributed by atoms with Crippen LogP contribution in [-0.4, -0.2) is 36.4 Å². The highest BCUT2D eigenvalue weighted by Crippen LogP contribution is 2.16. The van der Waals surface area contributed by atoms with Crippen LogP contribution in [0.2, 0.25) is 0 Å². The molecule has 5 heteroatoms. The van der Waals surface area contributed by atoms with Gasteiger partial charge in [0.25, 0.3) is 0 Å². The first-order chi connectivity index (χ1) is 16.6. The summed E-state index contributed by atoms with van der Waals surface area (Å²) in [5.41, 5.74) is 0.586. The fourth-order valence-electron chi connectivity index (χ4n) is 3.99. The highest BCUT2D eigenvalue weighted by atomic mass is 16.5. The molecule has 0 aromatic heterocycles. The van der Waals surface area contributed by atoms with E-state index >= 15 is 0 Å². The Balaban J connectivity index is 0.000000830. The van der Waals surface area contributed by atoms with Crippen molar-refractivity contribution in [2.24, 2.45) is 0 Å². The Bertz CT molecular complexity index is 603. The zero-order valence-electron chi connectivity index (χ0n) is 21.7. The molecule has 194 valence electrons. The molecule has 2 rings (SSSR count). The fraction of sp³-hybridized carbons (Fsp3) is 0.724. The van der Waals surface area contributed by atoms with E-state index in [9.17, 15) is 9.59 Å². The Morgan fingerprint density at radius 1 is 0.706 bits per heavy atom. The first kappa shape index (κ1) is 30.2. The molecule has 0 spiro atoms. The molecule has 1 saturated carbocycles. The molecule has 0 radical (unpaired) electrons. The van der Waals surface area contributed by atoms with Crippen molar-refractivity contribution in [3.05, 3.63) is 35.4 Å². The van der Waals surface area contributed by atoms with Gasteiger partial charge in [0.05, 0.1) is 30.4 Å². The molecule has 0 atom stereocenters. The van der Waals surface area contributed by atoms with Crippen molar-refractivity contribution in [1.82, 2.24) is 0 Å². The lowest BCUT2D eigenvalue weighted by Crippen LogP contribution is -2.15. The quantitative estimate of drug-likeness (QED) is 0.196. The SMILES string of the molecule is CCCCCCCCOC(=O)c1ccccc1C(=O)OCCCCCCCC.OC1CCCC1. The van der Waals surface area contributed by atoms with Crippen molar-refractivity contribution in [2.75, 3.05) is 13.2 Å². The maximum Gasteiger partial charge on any atom is 0.339 e. The van der Waals surface area contributed by atoms with Gasteiger partial charge in [0.15, 0.2) is 0 Å². The Labute approximate surface area is 207 Å². The zero-order chi connectivity index (χ0) is 24.9. The average molecular weight is 477 g/mol. The first-order valence-corrected chi connectivity index (χ1v) is 13.7. The minimum absolute atomic E-state index is 0.0463. The van der Waals surface area contributed by atoms with E-state index < -0.39 is 11.9 Å². The van der Waals surface area contributed by atoms with Crippen molar-refractivity contribution >= 4 is 11.9 Å². The summed E-state index contributed by atoms with van der Waals surface area (Å²) >= 11 is 0. The molecule has 1 aromatic rings. The van der Waals surface area contributed by atoms with Gasteiger partial charge in [-0.3, -0.25) is 0 Å². The molecule has 1 aliphatic carbocycles. The predicted molar refractivity (Wildman–Crippen MR) is 138 cm³/mol. The summed E-state index contributed by atoms with van der Waals surface area (Å²) in [6, 6.07) is 6.74. The van der Waals surface area contributed by atoms with E-state index in [0.29, 0.717) is 24.3 Å². The summed E-state index contributed by atoms with van der Waals surface area (Å²) in [4.78, 5) is 24.7. The van der Waals surface area contributed by atoms with E-state index in [1.54, 1.807) is 24.3 Å². The van der Waals surface area contributed by atoms with Gasteiger partial charge in [-0.1, -0.05) is 103 Å². The summed E-state index contributed by atoms with van der Waals surface area (Å²) < 4.78 is 10.7. The summed E-state index contributed by atoms with van der Waals surface area (Å²) in [6.07, 6.45) is 18.2. The van der Waals surface area contributed by atoms with Crippen LogP contribution in [0.5, 0.6) is 0 Å². The normalized spacial score (nSPS) is 13.3. The molecule has 1 aromatic carbocycles. The van der Waals surface area contributed by atoms with Crippen molar-refractivity contribution in [3.8, 4) is 0 Å². The lowest BCUT2D eigenvalue weighted by atomic mass is 10.1. The van der Waals surface area contributed by atoms with Gasteiger partial charge < -0.3 is 14.6 Å². The second kappa shape index (κ2) is 20.5.